The number of nitrogens with one attached hydrogen (secondary N) is 1. The lowest BCUT2D eigenvalue weighted by Gasteiger charge is -2.40. The van der Waals surface area contributed by atoms with Crippen molar-refractivity contribution in [2.75, 3.05) is 26.3 Å². The van der Waals surface area contributed by atoms with Gasteiger partial charge in [0.25, 0.3) is 0 Å². The van der Waals surface area contributed by atoms with Gasteiger partial charge in [0, 0.05) is 6.54 Å². The number of ether oxygens (including phenoxy) is 1. The van der Waals surface area contributed by atoms with E-state index >= 15 is 0 Å². The van der Waals surface area contributed by atoms with Gasteiger partial charge in [0.2, 0.25) is 5.91 Å². The Bertz CT molecular complexity index is 418. The van der Waals surface area contributed by atoms with Gasteiger partial charge in [-0.25, -0.2) is 0 Å². The number of amides is 1. The summed E-state index contributed by atoms with van der Waals surface area (Å²) in [5, 5.41) is 15.8. The molecule has 2 rings (SSSR count). The van der Waals surface area contributed by atoms with E-state index in [2.05, 4.69) is 10.2 Å². The van der Waals surface area contributed by atoms with Crippen LogP contribution in [0.1, 0.15) is 18.2 Å². The largest absolute Gasteiger partial charge is 0.387 e. The number of aliphatic hydroxyl groups excluding tert-OH is 1. The molecule has 0 aromatic carbocycles. The Morgan fingerprint density at radius 2 is 2.53 bits per heavy atom. The second kappa shape index (κ2) is 4.46. The van der Waals surface area contributed by atoms with Gasteiger partial charge < -0.3 is 14.7 Å². The summed E-state index contributed by atoms with van der Waals surface area (Å²) in [6.07, 6.45) is 1.73. The molecule has 6 nitrogen and oxygen atoms in total. The molecule has 0 bridgehead atoms. The Kier molecular flexibility index (Phi) is 3.17. The molecule has 94 valence electrons. The van der Waals surface area contributed by atoms with E-state index in [9.17, 15) is 4.79 Å². The summed E-state index contributed by atoms with van der Waals surface area (Å²) in [6, 6.07) is 0. The molecule has 17 heavy (non-hydrogen) atoms. The van der Waals surface area contributed by atoms with Gasteiger partial charge in [-0.05, 0) is 19.4 Å². The third kappa shape index (κ3) is 2.18. The number of nitrogens with zero attached hydrogens (tertiary/aromatic N) is 2. The fraction of sp³-hybridized carbons (Fsp3) is 0.636. The van der Waals surface area contributed by atoms with E-state index in [1.54, 1.807) is 11.1 Å². The van der Waals surface area contributed by atoms with Crippen LogP contribution in [-0.2, 0) is 15.1 Å². The maximum Gasteiger partial charge on any atom is 0.248 e. The van der Waals surface area contributed by atoms with Crippen molar-refractivity contribution in [2.45, 2.75) is 19.4 Å². The van der Waals surface area contributed by atoms with Crippen LogP contribution in [0.4, 0.5) is 0 Å². The van der Waals surface area contributed by atoms with Crippen LogP contribution in [0.5, 0.6) is 0 Å². The number of H-pyrrole nitrogens is 1. The highest BCUT2D eigenvalue weighted by atomic mass is 16.5. The second-order valence-corrected chi connectivity index (χ2v) is 4.48. The Morgan fingerprint density at radius 1 is 1.76 bits per heavy atom. The van der Waals surface area contributed by atoms with Gasteiger partial charge in [0.1, 0.15) is 12.2 Å². The third-order valence-electron chi connectivity index (χ3n) is 3.12. The van der Waals surface area contributed by atoms with Crippen LogP contribution in [0.3, 0.4) is 0 Å². The number of aromatic nitrogens is 2. The van der Waals surface area contributed by atoms with Crippen LogP contribution in [0, 0.1) is 6.92 Å². The molecular formula is C11H17N3O3. The minimum absolute atomic E-state index is 0.267. The summed E-state index contributed by atoms with van der Waals surface area (Å²) in [4.78, 5) is 13.1. The fourth-order valence-corrected chi connectivity index (χ4v) is 2.22. The molecular weight excluding hydrogens is 222 g/mol. The van der Waals surface area contributed by atoms with Crippen molar-refractivity contribution >= 4 is 5.91 Å². The Balaban J connectivity index is 2.21. The van der Waals surface area contributed by atoms with Gasteiger partial charge in [-0.2, -0.15) is 5.10 Å². The summed E-state index contributed by atoms with van der Waals surface area (Å²) in [7, 11) is 0. The van der Waals surface area contributed by atoms with Gasteiger partial charge >= 0.3 is 0 Å². The number of hydrogen-bond donors (Lipinski definition) is 2. The lowest BCUT2D eigenvalue weighted by atomic mass is 9.97. The summed E-state index contributed by atoms with van der Waals surface area (Å²) >= 11 is 0. The molecule has 1 amide bonds. The van der Waals surface area contributed by atoms with Gasteiger partial charge in [-0.1, -0.05) is 0 Å². The monoisotopic (exact) mass is 239 g/mol. The number of aliphatic hydroxyl groups is 1. The highest BCUT2D eigenvalue weighted by Crippen LogP contribution is 2.29. The van der Waals surface area contributed by atoms with E-state index in [-0.39, 0.29) is 5.91 Å². The summed E-state index contributed by atoms with van der Waals surface area (Å²) < 4.78 is 5.77. The van der Waals surface area contributed by atoms with Crippen LogP contribution in [-0.4, -0.2) is 52.4 Å². The predicted octanol–water partition coefficient (Wildman–Crippen LogP) is -0.216. The van der Waals surface area contributed by atoms with Crippen LogP contribution in [0.2, 0.25) is 0 Å². The van der Waals surface area contributed by atoms with Crippen LogP contribution in [0.25, 0.3) is 0 Å². The van der Waals surface area contributed by atoms with Gasteiger partial charge in [-0.3, -0.25) is 9.89 Å². The first-order chi connectivity index (χ1) is 8.07. The molecule has 1 aromatic rings. The molecule has 1 aromatic heterocycles. The van der Waals surface area contributed by atoms with Crippen LogP contribution >= 0.6 is 0 Å². The smallest absolute Gasteiger partial charge is 0.248 e. The molecule has 0 radical (unpaired) electrons. The lowest BCUT2D eigenvalue weighted by Crippen LogP contribution is -2.51. The minimum Gasteiger partial charge on any atom is -0.387 e. The molecule has 1 fully saturated rings. The Labute approximate surface area is 99.6 Å². The second-order valence-electron chi connectivity index (χ2n) is 4.48. The molecule has 2 N–H and O–H groups in total. The lowest BCUT2D eigenvalue weighted by molar-refractivity contribution is -0.152. The van der Waals surface area contributed by atoms with E-state index in [0.29, 0.717) is 19.7 Å². The molecule has 1 saturated heterocycles. The van der Waals surface area contributed by atoms with E-state index in [1.165, 1.54) is 0 Å². The Morgan fingerprint density at radius 3 is 3.12 bits per heavy atom. The number of rotatable bonds is 2. The van der Waals surface area contributed by atoms with Crippen molar-refractivity contribution < 1.29 is 14.6 Å². The van der Waals surface area contributed by atoms with Gasteiger partial charge in [0.05, 0.1) is 25.0 Å². The van der Waals surface area contributed by atoms with E-state index in [0.717, 1.165) is 11.3 Å². The molecule has 6 heteroatoms. The third-order valence-corrected chi connectivity index (χ3v) is 3.12. The highest BCUT2D eigenvalue weighted by Gasteiger charge is 2.37. The fourth-order valence-electron chi connectivity index (χ4n) is 2.22. The molecule has 0 spiro atoms. The molecule has 0 aliphatic carbocycles. The first-order valence-corrected chi connectivity index (χ1v) is 5.60. The average Bonchev–Trinajstić information content (AvgIpc) is 2.75. The molecule has 1 aliphatic rings. The van der Waals surface area contributed by atoms with Crippen LogP contribution in [0.15, 0.2) is 6.20 Å². The summed E-state index contributed by atoms with van der Waals surface area (Å²) in [6.45, 7) is 4.81. The molecule has 1 aliphatic heterocycles. The van der Waals surface area contributed by atoms with Crippen molar-refractivity contribution in [1.82, 2.24) is 15.1 Å². The van der Waals surface area contributed by atoms with Crippen molar-refractivity contribution in [3.05, 3.63) is 17.5 Å². The van der Waals surface area contributed by atoms with Crippen molar-refractivity contribution in [1.29, 1.82) is 0 Å². The first-order valence-electron chi connectivity index (χ1n) is 5.60. The maximum absolute atomic E-state index is 11.5. The maximum atomic E-state index is 11.5. The summed E-state index contributed by atoms with van der Waals surface area (Å²) in [5.41, 5.74) is 1.31. The molecule has 1 atom stereocenters. The molecule has 1 unspecified atom stereocenters. The number of hydrogen-bond acceptors (Lipinski definition) is 4. The van der Waals surface area contributed by atoms with E-state index < -0.39 is 12.2 Å². The zero-order chi connectivity index (χ0) is 12.5. The molecule has 0 saturated carbocycles. The number of carbonyl (C=O) groups excluding carboxylic acids is 1. The minimum atomic E-state index is -0.580. The number of morpholine rings is 1. The zero-order valence-corrected chi connectivity index (χ0v) is 10.1. The average molecular weight is 239 g/mol. The topological polar surface area (TPSA) is 78.5 Å². The normalized spacial score (nSPS) is 25.0. The first kappa shape index (κ1) is 12.1. The van der Waals surface area contributed by atoms with Crippen molar-refractivity contribution in [2.24, 2.45) is 0 Å². The predicted molar refractivity (Wildman–Crippen MR) is 60.3 cm³/mol. The number of aryl methyl sites for hydroxylation is 1. The molecule has 2 heterocycles. The number of carbonyl (C=O) groups is 1. The van der Waals surface area contributed by atoms with Crippen molar-refractivity contribution in [3.8, 4) is 0 Å². The standard InChI is InChI=1S/C11H17N3O3/c1-8-5-12-13-10(8)11(2)7-14(3-4-17-11)9(16)6-15/h5,15H,3-4,6-7H2,1-2H3,(H,12,13). The zero-order valence-electron chi connectivity index (χ0n) is 10.1. The highest BCUT2D eigenvalue weighted by molar-refractivity contribution is 5.77. The van der Waals surface area contributed by atoms with Gasteiger partial charge in [0.15, 0.2) is 0 Å². The quantitative estimate of drug-likeness (QED) is 0.748. The Hall–Kier alpha value is -1.40. The SMILES string of the molecule is Cc1cn[nH]c1C1(C)CN(C(=O)CO)CCO1. The van der Waals surface area contributed by atoms with E-state index in [1.807, 2.05) is 13.8 Å². The summed E-state index contributed by atoms with van der Waals surface area (Å²) in [5.74, 6) is -0.267. The number of aromatic amines is 1. The van der Waals surface area contributed by atoms with E-state index in [4.69, 9.17) is 9.84 Å². The van der Waals surface area contributed by atoms with Crippen LogP contribution < -0.4 is 0 Å². The van der Waals surface area contributed by atoms with Gasteiger partial charge in [-0.15, -0.1) is 0 Å². The van der Waals surface area contributed by atoms with Crippen molar-refractivity contribution in [3.63, 3.8) is 0 Å².